The monoisotopic (exact) mass is 377 g/mol. The van der Waals surface area contributed by atoms with Crippen molar-refractivity contribution in [2.24, 2.45) is 5.92 Å². The van der Waals surface area contributed by atoms with Crippen LogP contribution in [0.3, 0.4) is 0 Å². The third kappa shape index (κ3) is 3.24. The molecule has 0 atom stereocenters. The average molecular weight is 378 g/mol. The number of rotatable bonds is 3. The summed E-state index contributed by atoms with van der Waals surface area (Å²) in [6.45, 7) is 8.85. The molecule has 1 saturated carbocycles. The zero-order valence-electron chi connectivity index (χ0n) is 16.3. The number of amides is 1. The van der Waals surface area contributed by atoms with Gasteiger partial charge in [-0.15, -0.1) is 10.2 Å². The molecule has 2 saturated heterocycles. The molecule has 6 nitrogen and oxygen atoms in total. The summed E-state index contributed by atoms with van der Waals surface area (Å²) in [6, 6.07) is 0. The number of aryl methyl sites for hydroxylation is 1. The van der Waals surface area contributed by atoms with Gasteiger partial charge in [0.2, 0.25) is 11.0 Å². The Kier molecular flexibility index (Phi) is 4.72. The molecule has 0 unspecified atom stereocenters. The van der Waals surface area contributed by atoms with Crippen LogP contribution in [0.1, 0.15) is 63.8 Å². The van der Waals surface area contributed by atoms with E-state index in [0.717, 1.165) is 42.6 Å². The molecule has 1 spiro atoms. The Bertz CT molecular complexity index is 659. The summed E-state index contributed by atoms with van der Waals surface area (Å²) in [5.41, 5.74) is -0.648. The third-order valence-corrected chi connectivity index (χ3v) is 7.28. The normalized spacial score (nSPS) is 26.0. The van der Waals surface area contributed by atoms with Crippen LogP contribution < -0.4 is 10.2 Å². The molecule has 0 radical (unpaired) electrons. The van der Waals surface area contributed by atoms with Gasteiger partial charge in [-0.3, -0.25) is 10.1 Å². The standard InChI is InChI=1S/C19H31N5OS/c1-14-20-21-17(26-14)23-11-9-19(10-12-23)22-18(2,3)16(25)24(19)13-15-7-5-4-6-8-15/h15,22H,4-13H2,1-3H3. The minimum atomic E-state index is -0.462. The van der Waals surface area contributed by atoms with Crippen molar-refractivity contribution in [3.8, 4) is 0 Å². The van der Waals surface area contributed by atoms with Crippen molar-refractivity contribution in [2.45, 2.75) is 76.9 Å². The number of hydrogen-bond donors (Lipinski definition) is 1. The third-order valence-electron chi connectivity index (χ3n) is 6.38. The first kappa shape index (κ1) is 18.2. The van der Waals surface area contributed by atoms with Gasteiger partial charge in [0.05, 0.1) is 11.2 Å². The lowest BCUT2D eigenvalue weighted by Gasteiger charge is -2.46. The maximum Gasteiger partial charge on any atom is 0.243 e. The number of piperidine rings is 1. The fraction of sp³-hybridized carbons (Fsp3) is 0.842. The van der Waals surface area contributed by atoms with E-state index in [1.807, 2.05) is 20.8 Å². The van der Waals surface area contributed by atoms with E-state index in [9.17, 15) is 4.79 Å². The molecule has 3 heterocycles. The van der Waals surface area contributed by atoms with Crippen LogP contribution in [0, 0.1) is 12.8 Å². The van der Waals surface area contributed by atoms with E-state index in [0.29, 0.717) is 5.92 Å². The Morgan fingerprint density at radius 1 is 1.15 bits per heavy atom. The second kappa shape index (κ2) is 6.75. The molecule has 2 aliphatic heterocycles. The van der Waals surface area contributed by atoms with Crippen molar-refractivity contribution >= 4 is 22.4 Å². The van der Waals surface area contributed by atoms with Crippen molar-refractivity contribution in [3.05, 3.63) is 5.01 Å². The minimum Gasteiger partial charge on any atom is -0.346 e. The van der Waals surface area contributed by atoms with Gasteiger partial charge in [0, 0.05) is 32.5 Å². The highest BCUT2D eigenvalue weighted by Crippen LogP contribution is 2.39. The van der Waals surface area contributed by atoms with Crippen molar-refractivity contribution in [1.82, 2.24) is 20.4 Å². The van der Waals surface area contributed by atoms with Crippen LogP contribution in [-0.4, -0.2) is 51.8 Å². The van der Waals surface area contributed by atoms with Gasteiger partial charge in [-0.05, 0) is 39.5 Å². The van der Waals surface area contributed by atoms with E-state index in [-0.39, 0.29) is 11.6 Å². The Morgan fingerprint density at radius 2 is 1.85 bits per heavy atom. The molecule has 3 fully saturated rings. The van der Waals surface area contributed by atoms with E-state index < -0.39 is 5.54 Å². The summed E-state index contributed by atoms with van der Waals surface area (Å²) < 4.78 is 0. The number of nitrogens with one attached hydrogen (secondary N) is 1. The smallest absolute Gasteiger partial charge is 0.243 e. The lowest BCUT2D eigenvalue weighted by Crippen LogP contribution is -2.60. The quantitative estimate of drug-likeness (QED) is 0.877. The van der Waals surface area contributed by atoms with Gasteiger partial charge in [-0.1, -0.05) is 30.6 Å². The molecule has 0 bridgehead atoms. The molecule has 7 heteroatoms. The summed E-state index contributed by atoms with van der Waals surface area (Å²) >= 11 is 1.66. The van der Waals surface area contributed by atoms with Crippen molar-refractivity contribution < 1.29 is 4.79 Å². The Balaban J connectivity index is 1.50. The first-order chi connectivity index (χ1) is 12.4. The van der Waals surface area contributed by atoms with Crippen LogP contribution in [0.25, 0.3) is 0 Å². The summed E-state index contributed by atoms with van der Waals surface area (Å²) in [4.78, 5) is 17.7. The van der Waals surface area contributed by atoms with Crippen LogP contribution in [0.5, 0.6) is 0 Å². The van der Waals surface area contributed by atoms with Gasteiger partial charge in [-0.2, -0.15) is 0 Å². The van der Waals surface area contributed by atoms with Crippen molar-refractivity contribution in [2.75, 3.05) is 24.5 Å². The summed E-state index contributed by atoms with van der Waals surface area (Å²) in [5.74, 6) is 0.951. The fourth-order valence-electron chi connectivity index (χ4n) is 5.00. The minimum absolute atomic E-state index is 0.186. The predicted octanol–water partition coefficient (Wildman–Crippen LogP) is 2.93. The van der Waals surface area contributed by atoms with Gasteiger partial charge >= 0.3 is 0 Å². The topological polar surface area (TPSA) is 61.4 Å². The Morgan fingerprint density at radius 3 is 2.46 bits per heavy atom. The molecular formula is C19H31N5OS. The van der Waals surface area contributed by atoms with E-state index in [2.05, 4.69) is 25.3 Å². The number of nitrogens with zero attached hydrogens (tertiary/aromatic N) is 4. The molecule has 4 rings (SSSR count). The van der Waals surface area contributed by atoms with Crippen LogP contribution in [0.4, 0.5) is 5.13 Å². The van der Waals surface area contributed by atoms with Gasteiger partial charge in [0.25, 0.3) is 0 Å². The molecular weight excluding hydrogens is 346 g/mol. The largest absolute Gasteiger partial charge is 0.346 e. The second-order valence-corrected chi connectivity index (χ2v) is 9.95. The Hall–Kier alpha value is -1.21. The van der Waals surface area contributed by atoms with Crippen LogP contribution in [0.15, 0.2) is 0 Å². The lowest BCUT2D eigenvalue weighted by atomic mass is 9.87. The lowest BCUT2D eigenvalue weighted by molar-refractivity contribution is -0.135. The molecule has 0 aromatic carbocycles. The molecule has 26 heavy (non-hydrogen) atoms. The van der Waals surface area contributed by atoms with E-state index >= 15 is 0 Å². The van der Waals surface area contributed by atoms with Gasteiger partial charge < -0.3 is 9.80 Å². The predicted molar refractivity (Wildman–Crippen MR) is 104 cm³/mol. The molecule has 144 valence electrons. The average Bonchev–Trinajstić information content (AvgIpc) is 3.12. The number of carbonyl (C=O) groups excluding carboxylic acids is 1. The van der Waals surface area contributed by atoms with Crippen molar-refractivity contribution in [3.63, 3.8) is 0 Å². The van der Waals surface area contributed by atoms with Gasteiger partial charge in [-0.25, -0.2) is 0 Å². The zero-order valence-corrected chi connectivity index (χ0v) is 17.1. The van der Waals surface area contributed by atoms with Crippen LogP contribution in [-0.2, 0) is 4.79 Å². The highest BCUT2D eigenvalue weighted by atomic mass is 32.1. The molecule has 1 amide bonds. The molecule has 3 aliphatic rings. The molecule has 1 aromatic rings. The van der Waals surface area contributed by atoms with E-state index in [1.54, 1.807) is 11.3 Å². The first-order valence-corrected chi connectivity index (χ1v) is 10.9. The van der Waals surface area contributed by atoms with Gasteiger partial charge in [0.15, 0.2) is 0 Å². The summed E-state index contributed by atoms with van der Waals surface area (Å²) in [7, 11) is 0. The molecule has 1 N–H and O–H groups in total. The second-order valence-electron chi connectivity index (χ2n) is 8.79. The van der Waals surface area contributed by atoms with E-state index in [4.69, 9.17) is 0 Å². The number of anilines is 1. The maximum absolute atomic E-state index is 13.2. The van der Waals surface area contributed by atoms with Crippen LogP contribution >= 0.6 is 11.3 Å². The van der Waals surface area contributed by atoms with Gasteiger partial charge in [0.1, 0.15) is 5.01 Å². The van der Waals surface area contributed by atoms with Crippen LogP contribution in [0.2, 0.25) is 0 Å². The zero-order chi connectivity index (χ0) is 18.4. The van der Waals surface area contributed by atoms with E-state index in [1.165, 1.54) is 32.1 Å². The molecule has 1 aromatic heterocycles. The SMILES string of the molecule is Cc1nnc(N2CCC3(CC2)NC(C)(C)C(=O)N3CC2CCCCC2)s1. The molecule has 1 aliphatic carbocycles. The summed E-state index contributed by atoms with van der Waals surface area (Å²) in [5, 5.41) is 14.2. The highest BCUT2D eigenvalue weighted by molar-refractivity contribution is 7.15. The summed E-state index contributed by atoms with van der Waals surface area (Å²) in [6.07, 6.45) is 8.45. The first-order valence-electron chi connectivity index (χ1n) is 10.1. The number of carbonyl (C=O) groups is 1. The maximum atomic E-state index is 13.2. The fourth-order valence-corrected chi connectivity index (χ4v) is 5.74. The highest BCUT2D eigenvalue weighted by Gasteiger charge is 2.55. The van der Waals surface area contributed by atoms with Crippen molar-refractivity contribution in [1.29, 1.82) is 0 Å². The number of hydrogen-bond acceptors (Lipinski definition) is 6. The Labute approximate surface area is 160 Å². The number of aromatic nitrogens is 2.